The topological polar surface area (TPSA) is 68.0 Å². The number of pyridine rings is 1. The Kier molecular flexibility index (Phi) is 4.48. The van der Waals surface area contributed by atoms with Crippen molar-refractivity contribution in [3.8, 4) is 11.8 Å². The standard InChI is InChI=1S/C16H15N3O/c1-12-8-9-15(18-11-12)19-16(20)14-7-3-2-5-13(14)6-4-10-17/h2-3,5,7-9,11H,10,17H2,1H3,(H,18,19,20). The third kappa shape index (κ3) is 3.44. The Bertz CT molecular complexity index is 666. The van der Waals surface area contributed by atoms with E-state index in [4.69, 9.17) is 5.73 Å². The van der Waals surface area contributed by atoms with Crippen molar-refractivity contribution >= 4 is 11.7 Å². The molecule has 4 nitrogen and oxygen atoms in total. The van der Waals surface area contributed by atoms with Gasteiger partial charge in [0.25, 0.3) is 5.91 Å². The summed E-state index contributed by atoms with van der Waals surface area (Å²) in [6.45, 7) is 2.20. The monoisotopic (exact) mass is 265 g/mol. The summed E-state index contributed by atoms with van der Waals surface area (Å²) in [5, 5.41) is 2.75. The molecule has 0 saturated heterocycles. The molecular weight excluding hydrogens is 250 g/mol. The summed E-state index contributed by atoms with van der Waals surface area (Å²) < 4.78 is 0. The van der Waals surface area contributed by atoms with Crippen molar-refractivity contribution in [1.29, 1.82) is 0 Å². The highest BCUT2D eigenvalue weighted by Crippen LogP contribution is 2.11. The van der Waals surface area contributed by atoms with E-state index in [1.807, 2.05) is 19.1 Å². The zero-order chi connectivity index (χ0) is 14.4. The summed E-state index contributed by atoms with van der Waals surface area (Å²) in [7, 11) is 0. The number of carbonyl (C=O) groups excluding carboxylic acids is 1. The van der Waals surface area contributed by atoms with Gasteiger partial charge in [-0.2, -0.15) is 0 Å². The van der Waals surface area contributed by atoms with Crippen molar-refractivity contribution in [3.05, 3.63) is 59.3 Å². The number of nitrogens with one attached hydrogen (secondary N) is 1. The molecular formula is C16H15N3O. The first-order chi connectivity index (χ1) is 9.70. The Morgan fingerprint density at radius 2 is 2.10 bits per heavy atom. The molecule has 20 heavy (non-hydrogen) atoms. The zero-order valence-corrected chi connectivity index (χ0v) is 11.2. The van der Waals surface area contributed by atoms with Crippen molar-refractivity contribution in [2.24, 2.45) is 5.73 Å². The molecule has 1 aromatic heterocycles. The SMILES string of the molecule is Cc1ccc(NC(=O)c2ccccc2C#CCN)nc1. The Balaban J connectivity index is 2.23. The average molecular weight is 265 g/mol. The molecule has 0 aliphatic heterocycles. The van der Waals surface area contributed by atoms with Crippen LogP contribution in [-0.2, 0) is 0 Å². The molecule has 1 amide bonds. The third-order valence-electron chi connectivity index (χ3n) is 2.65. The number of rotatable bonds is 2. The van der Waals surface area contributed by atoms with Crippen LogP contribution in [0.25, 0.3) is 0 Å². The van der Waals surface area contributed by atoms with Gasteiger partial charge in [0.15, 0.2) is 0 Å². The first-order valence-corrected chi connectivity index (χ1v) is 6.22. The lowest BCUT2D eigenvalue weighted by atomic mass is 10.1. The molecule has 4 heteroatoms. The number of hydrogen-bond acceptors (Lipinski definition) is 3. The average Bonchev–Trinajstić information content (AvgIpc) is 2.47. The van der Waals surface area contributed by atoms with Gasteiger partial charge in [-0.15, -0.1) is 0 Å². The largest absolute Gasteiger partial charge is 0.320 e. The predicted molar refractivity (Wildman–Crippen MR) is 79.3 cm³/mol. The maximum absolute atomic E-state index is 12.2. The van der Waals surface area contributed by atoms with Gasteiger partial charge in [0.05, 0.1) is 12.1 Å². The third-order valence-corrected chi connectivity index (χ3v) is 2.65. The summed E-state index contributed by atoms with van der Waals surface area (Å²) in [4.78, 5) is 16.4. The second-order valence-electron chi connectivity index (χ2n) is 4.23. The van der Waals surface area contributed by atoms with Gasteiger partial charge in [-0.3, -0.25) is 4.79 Å². The van der Waals surface area contributed by atoms with Crippen LogP contribution in [0, 0.1) is 18.8 Å². The summed E-state index contributed by atoms with van der Waals surface area (Å²) >= 11 is 0. The highest BCUT2D eigenvalue weighted by molar-refractivity contribution is 6.05. The summed E-state index contributed by atoms with van der Waals surface area (Å²) in [5.74, 6) is 5.93. The van der Waals surface area contributed by atoms with Crippen molar-refractivity contribution < 1.29 is 4.79 Å². The molecule has 100 valence electrons. The highest BCUT2D eigenvalue weighted by Gasteiger charge is 2.10. The molecule has 0 radical (unpaired) electrons. The molecule has 0 bridgehead atoms. The number of aryl methyl sites for hydroxylation is 1. The summed E-state index contributed by atoms with van der Waals surface area (Å²) in [6.07, 6.45) is 1.70. The van der Waals surface area contributed by atoms with Gasteiger partial charge in [-0.1, -0.05) is 30.0 Å². The van der Waals surface area contributed by atoms with E-state index in [1.165, 1.54) is 0 Å². The Morgan fingerprint density at radius 3 is 2.80 bits per heavy atom. The van der Waals surface area contributed by atoms with Crippen LogP contribution in [0.5, 0.6) is 0 Å². The number of nitrogens with zero attached hydrogens (tertiary/aromatic N) is 1. The van der Waals surface area contributed by atoms with E-state index in [0.29, 0.717) is 16.9 Å². The fourth-order valence-corrected chi connectivity index (χ4v) is 1.66. The van der Waals surface area contributed by atoms with E-state index in [2.05, 4.69) is 22.1 Å². The van der Waals surface area contributed by atoms with Crippen molar-refractivity contribution in [2.45, 2.75) is 6.92 Å². The van der Waals surface area contributed by atoms with Gasteiger partial charge in [-0.25, -0.2) is 4.98 Å². The molecule has 0 atom stereocenters. The van der Waals surface area contributed by atoms with Crippen LogP contribution in [-0.4, -0.2) is 17.4 Å². The smallest absolute Gasteiger partial charge is 0.258 e. The van der Waals surface area contributed by atoms with Crippen LogP contribution < -0.4 is 11.1 Å². The minimum atomic E-state index is -0.233. The number of anilines is 1. The van der Waals surface area contributed by atoms with Crippen LogP contribution in [0.2, 0.25) is 0 Å². The predicted octanol–water partition coefficient (Wildman–Crippen LogP) is 1.95. The van der Waals surface area contributed by atoms with E-state index in [0.717, 1.165) is 5.56 Å². The molecule has 0 aliphatic carbocycles. The van der Waals surface area contributed by atoms with E-state index in [9.17, 15) is 4.79 Å². The number of aromatic nitrogens is 1. The maximum atomic E-state index is 12.2. The molecule has 0 fully saturated rings. The van der Waals surface area contributed by atoms with Crippen molar-refractivity contribution in [2.75, 3.05) is 11.9 Å². The first kappa shape index (κ1) is 13.8. The second kappa shape index (κ2) is 6.50. The Labute approximate surface area is 118 Å². The van der Waals surface area contributed by atoms with Gasteiger partial charge in [-0.05, 0) is 30.7 Å². The molecule has 1 heterocycles. The highest BCUT2D eigenvalue weighted by atomic mass is 16.1. The fraction of sp³-hybridized carbons (Fsp3) is 0.125. The molecule has 0 aliphatic rings. The summed E-state index contributed by atoms with van der Waals surface area (Å²) in [5.41, 5.74) is 7.56. The van der Waals surface area contributed by atoms with Gasteiger partial charge in [0, 0.05) is 11.8 Å². The zero-order valence-electron chi connectivity index (χ0n) is 11.2. The van der Waals surface area contributed by atoms with Crippen LogP contribution in [0.4, 0.5) is 5.82 Å². The maximum Gasteiger partial charge on any atom is 0.258 e. The van der Waals surface area contributed by atoms with Gasteiger partial charge in [0.2, 0.25) is 0 Å². The van der Waals surface area contributed by atoms with E-state index in [1.54, 1.807) is 30.5 Å². The Hall–Kier alpha value is -2.64. The number of hydrogen-bond donors (Lipinski definition) is 2. The molecule has 2 rings (SSSR count). The van der Waals surface area contributed by atoms with Crippen molar-refractivity contribution in [3.63, 3.8) is 0 Å². The molecule has 0 spiro atoms. The van der Waals surface area contributed by atoms with Crippen LogP contribution >= 0.6 is 0 Å². The lowest BCUT2D eigenvalue weighted by molar-refractivity contribution is 0.102. The fourth-order valence-electron chi connectivity index (χ4n) is 1.66. The van der Waals surface area contributed by atoms with Crippen LogP contribution in [0.3, 0.4) is 0 Å². The first-order valence-electron chi connectivity index (χ1n) is 6.22. The summed E-state index contributed by atoms with van der Waals surface area (Å²) in [6, 6.07) is 10.8. The van der Waals surface area contributed by atoms with Gasteiger partial charge < -0.3 is 11.1 Å². The van der Waals surface area contributed by atoms with E-state index in [-0.39, 0.29) is 12.5 Å². The number of carbonyl (C=O) groups is 1. The normalized spacial score (nSPS) is 9.50. The molecule has 0 unspecified atom stereocenters. The van der Waals surface area contributed by atoms with Crippen LogP contribution in [0.1, 0.15) is 21.5 Å². The van der Waals surface area contributed by atoms with Gasteiger partial charge >= 0.3 is 0 Å². The minimum Gasteiger partial charge on any atom is -0.320 e. The molecule has 1 aromatic carbocycles. The molecule has 2 aromatic rings. The molecule has 0 saturated carbocycles. The lowest BCUT2D eigenvalue weighted by Gasteiger charge is -2.06. The second-order valence-corrected chi connectivity index (χ2v) is 4.23. The van der Waals surface area contributed by atoms with Gasteiger partial charge in [0.1, 0.15) is 5.82 Å². The van der Waals surface area contributed by atoms with E-state index < -0.39 is 0 Å². The minimum absolute atomic E-state index is 0.233. The van der Waals surface area contributed by atoms with E-state index >= 15 is 0 Å². The number of benzene rings is 1. The number of amides is 1. The van der Waals surface area contributed by atoms with Crippen molar-refractivity contribution in [1.82, 2.24) is 4.98 Å². The van der Waals surface area contributed by atoms with Crippen LogP contribution in [0.15, 0.2) is 42.6 Å². The lowest BCUT2D eigenvalue weighted by Crippen LogP contribution is -2.14. The Morgan fingerprint density at radius 1 is 1.30 bits per heavy atom. The molecule has 3 N–H and O–H groups in total. The number of nitrogens with two attached hydrogens (primary N) is 1. The quantitative estimate of drug-likeness (QED) is 0.815.